The van der Waals surface area contributed by atoms with Crippen LogP contribution >= 0.6 is 11.8 Å². The molecule has 11 heteroatoms. The van der Waals surface area contributed by atoms with E-state index >= 15 is 0 Å². The van der Waals surface area contributed by atoms with Gasteiger partial charge in [-0.15, -0.1) is 23.4 Å². The first-order chi connectivity index (χ1) is 17.6. The van der Waals surface area contributed by atoms with Crippen molar-refractivity contribution in [2.24, 2.45) is 17.8 Å². The molecule has 1 spiro atoms. The number of aliphatic carboxylic acids is 1. The number of amides is 2. The van der Waals surface area contributed by atoms with Crippen LogP contribution in [-0.2, 0) is 21.1 Å². The molecular formula is C26H33N5O5S. The fourth-order valence-corrected chi connectivity index (χ4v) is 9.06. The number of likely N-dealkylation sites (tertiary alicyclic amines) is 1. The molecule has 37 heavy (non-hydrogen) atoms. The highest BCUT2D eigenvalue weighted by atomic mass is 32.2. The maximum Gasteiger partial charge on any atom is 0.308 e. The third kappa shape index (κ3) is 3.69. The highest BCUT2D eigenvalue weighted by molar-refractivity contribution is 8.02. The predicted molar refractivity (Wildman–Crippen MR) is 138 cm³/mol. The van der Waals surface area contributed by atoms with Crippen molar-refractivity contribution in [2.75, 3.05) is 13.2 Å². The number of fused-ring (bicyclic) bond motifs is 2. The van der Waals surface area contributed by atoms with Crippen molar-refractivity contribution in [3.05, 3.63) is 36.9 Å². The second-order valence-corrected chi connectivity index (χ2v) is 12.8. The summed E-state index contributed by atoms with van der Waals surface area (Å²) in [6.07, 6.45) is 2.79. The standard InChI is InChI=1S/C26H33N5O5S/c1-5-12-29(14-30-17-9-7-6-8-16(17)27-28-30)23(34)21-26-11-10-25(4,37-26)20(24(35)36)19(26)22(33)31(21)18(13-32)15(2)3/h5-9,15,18-21,32H,1,10-14H2,2-4H3,(H,35,36)/t18-,19-,20-,21?,25+,26?/m0/s1. The van der Waals surface area contributed by atoms with E-state index in [1.165, 1.54) is 16.7 Å². The maximum atomic E-state index is 14.5. The van der Waals surface area contributed by atoms with E-state index < -0.39 is 39.4 Å². The highest BCUT2D eigenvalue weighted by Crippen LogP contribution is 2.71. The Bertz CT molecular complexity index is 1260. The summed E-state index contributed by atoms with van der Waals surface area (Å²) < 4.78 is 0.131. The monoisotopic (exact) mass is 527 g/mol. The zero-order valence-electron chi connectivity index (χ0n) is 21.3. The number of aliphatic hydroxyl groups is 1. The van der Waals surface area contributed by atoms with Crippen molar-refractivity contribution in [3.63, 3.8) is 0 Å². The van der Waals surface area contributed by atoms with Gasteiger partial charge in [-0.1, -0.05) is 37.3 Å². The van der Waals surface area contributed by atoms with E-state index in [0.29, 0.717) is 18.4 Å². The number of hydrogen-bond donors (Lipinski definition) is 2. The molecule has 6 atom stereocenters. The molecule has 3 fully saturated rings. The van der Waals surface area contributed by atoms with Crippen LogP contribution in [0.1, 0.15) is 33.6 Å². The van der Waals surface area contributed by atoms with Crippen LogP contribution in [0.5, 0.6) is 0 Å². The highest BCUT2D eigenvalue weighted by Gasteiger charge is 2.78. The lowest BCUT2D eigenvalue weighted by Gasteiger charge is -2.40. The average Bonchev–Trinajstić information content (AvgIpc) is 3.55. The quantitative estimate of drug-likeness (QED) is 0.474. The number of carboxylic acid groups (broad SMARTS) is 1. The van der Waals surface area contributed by atoms with Gasteiger partial charge in [0.2, 0.25) is 11.8 Å². The second-order valence-electron chi connectivity index (χ2n) is 10.9. The first-order valence-electron chi connectivity index (χ1n) is 12.6. The molecule has 1 aromatic carbocycles. The number of para-hydroxylation sites is 1. The zero-order valence-corrected chi connectivity index (χ0v) is 22.1. The van der Waals surface area contributed by atoms with Crippen LogP contribution in [0.25, 0.3) is 11.0 Å². The topological polar surface area (TPSA) is 129 Å². The van der Waals surface area contributed by atoms with Crippen molar-refractivity contribution in [1.82, 2.24) is 24.8 Å². The van der Waals surface area contributed by atoms with Gasteiger partial charge in [0.25, 0.3) is 0 Å². The van der Waals surface area contributed by atoms with Crippen LogP contribution in [0.3, 0.4) is 0 Å². The van der Waals surface area contributed by atoms with Crippen LogP contribution in [0, 0.1) is 17.8 Å². The predicted octanol–water partition coefficient (Wildman–Crippen LogP) is 1.99. The Morgan fingerprint density at radius 3 is 2.70 bits per heavy atom. The van der Waals surface area contributed by atoms with Gasteiger partial charge < -0.3 is 20.0 Å². The molecule has 0 aliphatic carbocycles. The van der Waals surface area contributed by atoms with E-state index in [0.717, 1.165) is 5.52 Å². The van der Waals surface area contributed by atoms with Crippen LogP contribution < -0.4 is 0 Å². The molecule has 2 N–H and O–H groups in total. The van der Waals surface area contributed by atoms with Gasteiger partial charge in [-0.05, 0) is 37.8 Å². The van der Waals surface area contributed by atoms with Gasteiger partial charge in [-0.3, -0.25) is 14.4 Å². The van der Waals surface area contributed by atoms with E-state index in [2.05, 4.69) is 16.9 Å². The van der Waals surface area contributed by atoms with E-state index in [9.17, 15) is 24.6 Å². The molecule has 1 aromatic heterocycles. The number of benzene rings is 1. The van der Waals surface area contributed by atoms with Gasteiger partial charge in [-0.2, -0.15) is 0 Å². The van der Waals surface area contributed by atoms with Crippen LogP contribution in [0.15, 0.2) is 36.9 Å². The fourth-order valence-electron chi connectivity index (χ4n) is 6.73. The summed E-state index contributed by atoms with van der Waals surface area (Å²) >= 11 is 1.48. The summed E-state index contributed by atoms with van der Waals surface area (Å²) in [6.45, 7) is 9.51. The number of carbonyl (C=O) groups excluding carboxylic acids is 2. The largest absolute Gasteiger partial charge is 0.481 e. The molecule has 198 valence electrons. The number of aliphatic hydroxyl groups excluding tert-OH is 1. The Hall–Kier alpha value is -2.92. The number of aromatic nitrogens is 3. The summed E-state index contributed by atoms with van der Waals surface area (Å²) in [5.41, 5.74) is 1.47. The molecule has 2 bridgehead atoms. The fraction of sp³-hybridized carbons (Fsp3) is 0.577. The molecule has 3 aliphatic heterocycles. The normalized spacial score (nSPS) is 31.2. The van der Waals surface area contributed by atoms with E-state index in [1.54, 1.807) is 15.7 Å². The minimum absolute atomic E-state index is 0.0976. The molecular weight excluding hydrogens is 494 g/mol. The lowest BCUT2D eigenvalue weighted by molar-refractivity contribution is -0.151. The SMILES string of the molecule is C=CCN(Cn1nnc2ccccc21)C(=O)C1N([C@@H](CO)C(C)C)C(=O)[C@@H]2[C@@H](C(=O)O)[C@@]3(C)CCC12S3. The first kappa shape index (κ1) is 25.7. The minimum atomic E-state index is -1.01. The second kappa shape index (κ2) is 9.13. The van der Waals surface area contributed by atoms with Crippen LogP contribution in [0.4, 0.5) is 0 Å². The number of nitrogens with zero attached hydrogens (tertiary/aromatic N) is 5. The molecule has 0 radical (unpaired) electrons. The van der Waals surface area contributed by atoms with Crippen molar-refractivity contribution < 1.29 is 24.6 Å². The minimum Gasteiger partial charge on any atom is -0.481 e. The van der Waals surface area contributed by atoms with Crippen LogP contribution in [-0.4, -0.2) is 87.5 Å². The van der Waals surface area contributed by atoms with E-state index in [-0.39, 0.29) is 37.6 Å². The summed E-state index contributed by atoms with van der Waals surface area (Å²) in [4.78, 5) is 44.1. The number of carboxylic acids is 1. The van der Waals surface area contributed by atoms with Gasteiger partial charge in [0.1, 0.15) is 18.2 Å². The molecule has 4 heterocycles. The average molecular weight is 528 g/mol. The van der Waals surface area contributed by atoms with Gasteiger partial charge in [0, 0.05) is 11.3 Å². The Morgan fingerprint density at radius 1 is 1.32 bits per heavy atom. The number of rotatable bonds is 9. The van der Waals surface area contributed by atoms with Crippen molar-refractivity contribution in [2.45, 2.75) is 61.9 Å². The molecule has 2 unspecified atom stereocenters. The summed E-state index contributed by atoms with van der Waals surface area (Å²) in [5, 5.41) is 28.9. The molecule has 10 nitrogen and oxygen atoms in total. The summed E-state index contributed by atoms with van der Waals surface area (Å²) in [5.74, 6) is -3.50. The van der Waals surface area contributed by atoms with E-state index in [4.69, 9.17) is 0 Å². The maximum absolute atomic E-state index is 14.5. The number of hydrogen-bond acceptors (Lipinski definition) is 7. The van der Waals surface area contributed by atoms with Gasteiger partial charge in [0.15, 0.2) is 0 Å². The van der Waals surface area contributed by atoms with E-state index in [1.807, 2.05) is 45.0 Å². The van der Waals surface area contributed by atoms with Crippen molar-refractivity contribution in [1.29, 1.82) is 0 Å². The van der Waals surface area contributed by atoms with Gasteiger partial charge >= 0.3 is 5.97 Å². The lowest BCUT2D eigenvalue weighted by atomic mass is 9.66. The summed E-state index contributed by atoms with van der Waals surface area (Å²) in [7, 11) is 0. The Morgan fingerprint density at radius 2 is 2.05 bits per heavy atom. The Kier molecular flexibility index (Phi) is 6.34. The lowest BCUT2D eigenvalue weighted by Crippen LogP contribution is -2.58. The Labute approximate surface area is 219 Å². The smallest absolute Gasteiger partial charge is 0.308 e. The Balaban J connectivity index is 1.59. The molecule has 5 rings (SSSR count). The number of thioether (sulfide) groups is 1. The molecule has 2 aromatic rings. The van der Waals surface area contributed by atoms with Crippen molar-refractivity contribution >= 4 is 40.6 Å². The van der Waals surface area contributed by atoms with Crippen LogP contribution in [0.2, 0.25) is 0 Å². The molecule has 0 saturated carbocycles. The zero-order chi connectivity index (χ0) is 26.7. The van der Waals surface area contributed by atoms with Gasteiger partial charge in [0.05, 0.1) is 34.7 Å². The molecule has 3 saturated heterocycles. The van der Waals surface area contributed by atoms with Gasteiger partial charge in [-0.25, -0.2) is 4.68 Å². The summed E-state index contributed by atoms with van der Waals surface area (Å²) in [6, 6.07) is 5.94. The first-order valence-corrected chi connectivity index (χ1v) is 13.4. The number of carbonyl (C=O) groups is 3. The van der Waals surface area contributed by atoms with Crippen molar-refractivity contribution in [3.8, 4) is 0 Å². The third-order valence-corrected chi connectivity index (χ3v) is 10.4. The molecule has 3 aliphatic rings. The molecule has 2 amide bonds. The third-order valence-electron chi connectivity index (χ3n) is 8.41.